The molecule has 10 nitrogen and oxygen atoms in total. The van der Waals surface area contributed by atoms with Gasteiger partial charge in [-0.25, -0.2) is 19.9 Å². The van der Waals surface area contributed by atoms with Gasteiger partial charge in [0.05, 0.1) is 11.0 Å². The van der Waals surface area contributed by atoms with Gasteiger partial charge in [-0.15, -0.1) is 0 Å². The van der Waals surface area contributed by atoms with Crippen LogP contribution in [0.2, 0.25) is 0 Å². The Hall–Kier alpha value is -3.99. The number of thioether (sulfide) groups is 1. The summed E-state index contributed by atoms with van der Waals surface area (Å²) in [5.74, 6) is 1.64. The number of piperidine rings is 1. The molecule has 0 spiro atoms. The van der Waals surface area contributed by atoms with Crippen LogP contribution in [0.5, 0.6) is 17.5 Å². The first-order valence-corrected chi connectivity index (χ1v) is 11.5. The zero-order valence-corrected chi connectivity index (χ0v) is 18.8. The number of ether oxygens (including phenoxy) is 2. The topological polar surface area (TPSA) is 119 Å². The molecule has 5 rings (SSSR count). The normalized spacial score (nSPS) is 17.6. The van der Waals surface area contributed by atoms with Crippen LogP contribution in [-0.2, 0) is 4.79 Å². The highest BCUT2D eigenvalue weighted by molar-refractivity contribution is 8.18. The summed E-state index contributed by atoms with van der Waals surface area (Å²) >= 11 is 0.869. The number of amides is 2. The summed E-state index contributed by atoms with van der Waals surface area (Å²) in [6, 6.07) is 10.6. The van der Waals surface area contributed by atoms with Crippen LogP contribution in [0.15, 0.2) is 60.0 Å². The summed E-state index contributed by atoms with van der Waals surface area (Å²) < 4.78 is 11.9. The Morgan fingerprint density at radius 1 is 1.00 bits per heavy atom. The standard InChI is InChI=1S/C23H20N6O4S/c30-21-18(34-23(31)28-21)12-15-3-1-4-17(11-15)33-20-13-19(26-14-27-20)32-16-5-9-29(10-6-16)22-24-7-2-8-25-22/h1-4,7-8,11-14,16H,5-6,9-10H2,(H,28,30,31). The van der Waals surface area contributed by atoms with Crippen molar-refractivity contribution in [2.75, 3.05) is 18.0 Å². The lowest BCUT2D eigenvalue weighted by Gasteiger charge is -2.31. The highest BCUT2D eigenvalue weighted by Gasteiger charge is 2.25. The fraction of sp³-hybridized carbons (Fsp3) is 0.217. The zero-order valence-electron chi connectivity index (χ0n) is 18.0. The molecule has 0 unspecified atom stereocenters. The number of aromatic nitrogens is 4. The lowest BCUT2D eigenvalue weighted by molar-refractivity contribution is -0.115. The van der Waals surface area contributed by atoms with E-state index in [1.54, 1.807) is 48.8 Å². The van der Waals surface area contributed by atoms with Gasteiger partial charge < -0.3 is 14.4 Å². The Balaban J connectivity index is 1.20. The summed E-state index contributed by atoms with van der Waals surface area (Å²) in [4.78, 5) is 42.6. The van der Waals surface area contributed by atoms with Crippen molar-refractivity contribution in [2.24, 2.45) is 0 Å². The van der Waals surface area contributed by atoms with Crippen molar-refractivity contribution in [1.29, 1.82) is 0 Å². The number of carbonyl (C=O) groups is 2. The largest absolute Gasteiger partial charge is 0.474 e. The fourth-order valence-electron chi connectivity index (χ4n) is 3.60. The second kappa shape index (κ2) is 9.87. The van der Waals surface area contributed by atoms with E-state index >= 15 is 0 Å². The van der Waals surface area contributed by atoms with Crippen LogP contribution >= 0.6 is 11.8 Å². The third-order valence-corrected chi connectivity index (χ3v) is 6.01. The number of rotatable bonds is 6. The van der Waals surface area contributed by atoms with Gasteiger partial charge in [0.25, 0.3) is 11.1 Å². The predicted molar refractivity (Wildman–Crippen MR) is 126 cm³/mol. The third-order valence-electron chi connectivity index (χ3n) is 5.20. The van der Waals surface area contributed by atoms with Crippen molar-refractivity contribution in [3.63, 3.8) is 0 Å². The van der Waals surface area contributed by atoms with Crippen LogP contribution in [-0.4, -0.2) is 50.3 Å². The third kappa shape index (κ3) is 5.31. The number of hydrogen-bond acceptors (Lipinski definition) is 10. The molecular formula is C23H20N6O4S. The fourth-order valence-corrected chi connectivity index (χ4v) is 4.29. The molecule has 2 saturated heterocycles. The first-order chi connectivity index (χ1) is 16.6. The molecule has 2 aliphatic heterocycles. The van der Waals surface area contributed by atoms with Gasteiger partial charge in [-0.3, -0.25) is 14.9 Å². The van der Waals surface area contributed by atoms with Crippen molar-refractivity contribution in [3.8, 4) is 17.5 Å². The zero-order chi connectivity index (χ0) is 23.3. The average molecular weight is 477 g/mol. The van der Waals surface area contributed by atoms with Crippen molar-refractivity contribution in [1.82, 2.24) is 25.3 Å². The molecule has 11 heteroatoms. The van der Waals surface area contributed by atoms with Gasteiger partial charge in [-0.2, -0.15) is 0 Å². The van der Waals surface area contributed by atoms with Crippen molar-refractivity contribution in [3.05, 3.63) is 65.6 Å². The van der Waals surface area contributed by atoms with Crippen LogP contribution < -0.4 is 19.7 Å². The average Bonchev–Trinajstić information content (AvgIpc) is 3.17. The van der Waals surface area contributed by atoms with E-state index in [-0.39, 0.29) is 11.3 Å². The second-order valence-corrected chi connectivity index (χ2v) is 8.59. The molecule has 1 aromatic carbocycles. The monoisotopic (exact) mass is 476 g/mol. The van der Waals surface area contributed by atoms with Crippen LogP contribution in [0, 0.1) is 0 Å². The van der Waals surface area contributed by atoms with E-state index in [4.69, 9.17) is 9.47 Å². The van der Waals surface area contributed by atoms with Crippen LogP contribution in [0.1, 0.15) is 18.4 Å². The molecule has 2 aromatic heterocycles. The molecule has 0 aliphatic carbocycles. The van der Waals surface area contributed by atoms with E-state index in [0.29, 0.717) is 22.4 Å². The molecule has 4 heterocycles. The number of nitrogens with one attached hydrogen (secondary N) is 1. The lowest BCUT2D eigenvalue weighted by atomic mass is 10.1. The summed E-state index contributed by atoms with van der Waals surface area (Å²) in [6.07, 6.45) is 8.19. The Bertz CT molecular complexity index is 1230. The number of hydrogen-bond donors (Lipinski definition) is 1. The molecule has 172 valence electrons. The Morgan fingerprint density at radius 2 is 1.79 bits per heavy atom. The predicted octanol–water partition coefficient (Wildman–Crippen LogP) is 3.43. The molecule has 2 fully saturated rings. The van der Waals surface area contributed by atoms with Crippen molar-refractivity contribution >= 4 is 34.9 Å². The molecule has 0 atom stereocenters. The van der Waals surface area contributed by atoms with Gasteiger partial charge in [0.2, 0.25) is 17.7 Å². The maximum Gasteiger partial charge on any atom is 0.290 e. The molecule has 1 N–H and O–H groups in total. The molecule has 34 heavy (non-hydrogen) atoms. The van der Waals surface area contributed by atoms with Gasteiger partial charge in [0, 0.05) is 38.3 Å². The molecule has 0 radical (unpaired) electrons. The number of benzene rings is 1. The highest BCUT2D eigenvalue weighted by atomic mass is 32.2. The van der Waals surface area contributed by atoms with E-state index in [9.17, 15) is 9.59 Å². The van der Waals surface area contributed by atoms with Crippen molar-refractivity contribution in [2.45, 2.75) is 18.9 Å². The molecule has 3 aromatic rings. The smallest absolute Gasteiger partial charge is 0.290 e. The Labute approximate surface area is 199 Å². The molecule has 2 aliphatic rings. The molecule has 0 bridgehead atoms. The van der Waals surface area contributed by atoms with E-state index in [2.05, 4.69) is 30.2 Å². The Kier molecular flexibility index (Phi) is 6.34. The minimum Gasteiger partial charge on any atom is -0.474 e. The quantitative estimate of drug-likeness (QED) is 0.530. The maximum absolute atomic E-state index is 11.8. The van der Waals surface area contributed by atoms with Gasteiger partial charge in [0.1, 0.15) is 18.2 Å². The van der Waals surface area contributed by atoms with E-state index in [1.807, 2.05) is 6.07 Å². The summed E-state index contributed by atoms with van der Waals surface area (Å²) in [5, 5.41) is 1.86. The summed E-state index contributed by atoms with van der Waals surface area (Å²) in [6.45, 7) is 1.60. The number of imide groups is 1. The highest BCUT2D eigenvalue weighted by Crippen LogP contribution is 2.28. The Morgan fingerprint density at radius 3 is 2.56 bits per heavy atom. The minimum atomic E-state index is -0.402. The van der Waals surface area contributed by atoms with Crippen molar-refractivity contribution < 1.29 is 19.1 Å². The van der Waals surface area contributed by atoms with Gasteiger partial charge in [-0.1, -0.05) is 12.1 Å². The van der Waals surface area contributed by atoms with Crippen LogP contribution in [0.3, 0.4) is 0 Å². The van der Waals surface area contributed by atoms with Crippen LogP contribution in [0.4, 0.5) is 10.7 Å². The second-order valence-electron chi connectivity index (χ2n) is 7.57. The number of anilines is 1. The number of carbonyl (C=O) groups excluding carboxylic acids is 2. The summed E-state index contributed by atoms with van der Waals surface area (Å²) in [7, 11) is 0. The molecular weight excluding hydrogens is 456 g/mol. The van der Waals surface area contributed by atoms with E-state index < -0.39 is 5.91 Å². The SMILES string of the molecule is O=C1NC(=O)C(=Cc2cccc(Oc3cc(OC4CCN(c5ncccn5)CC4)ncn3)c2)S1. The maximum atomic E-state index is 11.8. The van der Waals surface area contributed by atoms with Gasteiger partial charge in [0.15, 0.2) is 0 Å². The molecule has 0 saturated carbocycles. The van der Waals surface area contributed by atoms with Crippen LogP contribution in [0.25, 0.3) is 6.08 Å². The lowest BCUT2D eigenvalue weighted by Crippen LogP contribution is -2.39. The first kappa shape index (κ1) is 21.8. The first-order valence-electron chi connectivity index (χ1n) is 10.7. The minimum absolute atomic E-state index is 0.0235. The molecule has 2 amide bonds. The summed E-state index contributed by atoms with van der Waals surface area (Å²) in [5.41, 5.74) is 0.726. The van der Waals surface area contributed by atoms with E-state index in [0.717, 1.165) is 49.2 Å². The van der Waals surface area contributed by atoms with E-state index in [1.165, 1.54) is 6.33 Å². The van der Waals surface area contributed by atoms with Gasteiger partial charge in [-0.05, 0) is 41.6 Å². The number of nitrogens with zero attached hydrogens (tertiary/aromatic N) is 5. The van der Waals surface area contributed by atoms with Gasteiger partial charge >= 0.3 is 0 Å².